The minimum absolute atomic E-state index is 0.413. The summed E-state index contributed by atoms with van der Waals surface area (Å²) in [6, 6.07) is 9.74. The third-order valence-electron chi connectivity index (χ3n) is 3.10. The summed E-state index contributed by atoms with van der Waals surface area (Å²) in [6.45, 7) is 6.17. The summed E-state index contributed by atoms with van der Waals surface area (Å²) in [6.07, 6.45) is 1.22. The second-order valence-electron chi connectivity index (χ2n) is 4.77. The van der Waals surface area contributed by atoms with Gasteiger partial charge in [0.05, 0.1) is 11.8 Å². The normalized spacial score (nSPS) is 12.2. The highest BCUT2D eigenvalue weighted by atomic mass is 16.5. The molecule has 1 aromatic heterocycles. The fourth-order valence-electron chi connectivity index (χ4n) is 1.93. The molecule has 0 saturated heterocycles. The summed E-state index contributed by atoms with van der Waals surface area (Å²) in [5.41, 5.74) is 3.94. The van der Waals surface area contributed by atoms with Gasteiger partial charge in [-0.05, 0) is 44.0 Å². The number of aryl methyl sites for hydroxylation is 2. The first-order chi connectivity index (χ1) is 9.08. The summed E-state index contributed by atoms with van der Waals surface area (Å²) < 4.78 is 5.82. The first kappa shape index (κ1) is 13.6. The topological polar surface area (TPSA) is 42.4 Å². The monoisotopic (exact) mass is 257 g/mol. The van der Waals surface area contributed by atoms with Crippen LogP contribution in [0.1, 0.15) is 35.4 Å². The third kappa shape index (κ3) is 3.32. The molecule has 19 heavy (non-hydrogen) atoms. The van der Waals surface area contributed by atoms with Crippen molar-refractivity contribution in [1.82, 2.24) is 4.98 Å². The molecular formula is C16H19NO2. The van der Waals surface area contributed by atoms with Crippen LogP contribution in [-0.4, -0.2) is 10.1 Å². The lowest BCUT2D eigenvalue weighted by molar-refractivity contribution is 0.189. The Balaban J connectivity index is 2.19. The van der Waals surface area contributed by atoms with Crippen LogP contribution in [0.5, 0.6) is 5.75 Å². The standard InChI is InChI=1S/C16H19NO2/c1-11-6-7-14(13(3)18)16(9-11)19-10-15-12(2)5-4-8-17-15/h4-9,13,18H,10H2,1-3H3/t13-/m0/s1. The Morgan fingerprint density at radius 2 is 2.05 bits per heavy atom. The molecule has 0 fully saturated rings. The van der Waals surface area contributed by atoms with Gasteiger partial charge in [-0.25, -0.2) is 0 Å². The molecule has 0 unspecified atom stereocenters. The van der Waals surface area contributed by atoms with Crippen molar-refractivity contribution >= 4 is 0 Å². The van der Waals surface area contributed by atoms with E-state index in [0.29, 0.717) is 6.61 Å². The van der Waals surface area contributed by atoms with Crippen LogP contribution in [-0.2, 0) is 6.61 Å². The highest BCUT2D eigenvalue weighted by molar-refractivity contribution is 5.38. The van der Waals surface area contributed by atoms with E-state index >= 15 is 0 Å². The smallest absolute Gasteiger partial charge is 0.130 e. The lowest BCUT2D eigenvalue weighted by atomic mass is 10.1. The van der Waals surface area contributed by atoms with Crippen molar-refractivity contribution in [2.75, 3.05) is 0 Å². The quantitative estimate of drug-likeness (QED) is 0.913. The van der Waals surface area contributed by atoms with Gasteiger partial charge < -0.3 is 9.84 Å². The number of aromatic nitrogens is 1. The van der Waals surface area contributed by atoms with Gasteiger partial charge in [0.25, 0.3) is 0 Å². The summed E-state index contributed by atoms with van der Waals surface area (Å²) in [5, 5.41) is 9.75. The van der Waals surface area contributed by atoms with Crippen LogP contribution in [0.15, 0.2) is 36.5 Å². The molecule has 0 saturated carbocycles. The van der Waals surface area contributed by atoms with Gasteiger partial charge in [-0.15, -0.1) is 0 Å². The van der Waals surface area contributed by atoms with E-state index in [4.69, 9.17) is 4.74 Å². The number of hydrogen-bond donors (Lipinski definition) is 1. The third-order valence-corrected chi connectivity index (χ3v) is 3.10. The highest BCUT2D eigenvalue weighted by Crippen LogP contribution is 2.27. The zero-order valence-electron chi connectivity index (χ0n) is 11.6. The maximum absolute atomic E-state index is 9.75. The second-order valence-corrected chi connectivity index (χ2v) is 4.77. The number of hydrogen-bond acceptors (Lipinski definition) is 3. The molecule has 0 amide bonds. The van der Waals surface area contributed by atoms with Crippen LogP contribution in [0.25, 0.3) is 0 Å². The Hall–Kier alpha value is -1.87. The number of nitrogens with zero attached hydrogens (tertiary/aromatic N) is 1. The van der Waals surface area contributed by atoms with Gasteiger partial charge in [-0.3, -0.25) is 4.98 Å². The Bertz CT molecular complexity index is 564. The van der Waals surface area contributed by atoms with E-state index in [1.54, 1.807) is 13.1 Å². The van der Waals surface area contributed by atoms with Crippen molar-refractivity contribution in [2.45, 2.75) is 33.5 Å². The summed E-state index contributed by atoms with van der Waals surface area (Å²) in [5.74, 6) is 0.722. The maximum atomic E-state index is 9.75. The van der Waals surface area contributed by atoms with E-state index in [0.717, 1.165) is 28.1 Å². The molecule has 1 heterocycles. The second kappa shape index (κ2) is 5.85. The number of rotatable bonds is 4. The predicted octanol–water partition coefficient (Wildman–Crippen LogP) is 3.33. The first-order valence-electron chi connectivity index (χ1n) is 6.40. The average Bonchev–Trinajstić information content (AvgIpc) is 2.37. The Morgan fingerprint density at radius 3 is 2.74 bits per heavy atom. The van der Waals surface area contributed by atoms with E-state index in [-0.39, 0.29) is 0 Å². The van der Waals surface area contributed by atoms with Crippen LogP contribution < -0.4 is 4.74 Å². The van der Waals surface area contributed by atoms with E-state index in [1.807, 2.05) is 44.2 Å². The highest BCUT2D eigenvalue weighted by Gasteiger charge is 2.10. The van der Waals surface area contributed by atoms with E-state index in [2.05, 4.69) is 4.98 Å². The molecule has 0 aliphatic heterocycles. The van der Waals surface area contributed by atoms with Gasteiger partial charge in [0.2, 0.25) is 0 Å². The number of aliphatic hydroxyl groups excluding tert-OH is 1. The van der Waals surface area contributed by atoms with Gasteiger partial charge in [0.1, 0.15) is 12.4 Å². The molecule has 3 nitrogen and oxygen atoms in total. The molecule has 1 N–H and O–H groups in total. The van der Waals surface area contributed by atoms with Crippen molar-refractivity contribution in [3.63, 3.8) is 0 Å². The van der Waals surface area contributed by atoms with Gasteiger partial charge in [0.15, 0.2) is 0 Å². The molecule has 1 aromatic carbocycles. The molecule has 2 rings (SSSR count). The van der Waals surface area contributed by atoms with Gasteiger partial charge in [-0.1, -0.05) is 18.2 Å². The first-order valence-corrected chi connectivity index (χ1v) is 6.40. The van der Waals surface area contributed by atoms with Crippen molar-refractivity contribution in [3.8, 4) is 5.75 Å². The Labute approximate surface area is 113 Å². The molecule has 0 aliphatic rings. The predicted molar refractivity (Wildman–Crippen MR) is 75.1 cm³/mol. The fourth-order valence-corrected chi connectivity index (χ4v) is 1.93. The van der Waals surface area contributed by atoms with E-state index < -0.39 is 6.10 Å². The van der Waals surface area contributed by atoms with Crippen LogP contribution >= 0.6 is 0 Å². The SMILES string of the molecule is Cc1ccc([C@H](C)O)c(OCc2ncccc2C)c1. The molecule has 0 spiro atoms. The number of aliphatic hydroxyl groups is 1. The fraction of sp³-hybridized carbons (Fsp3) is 0.312. The Morgan fingerprint density at radius 1 is 1.26 bits per heavy atom. The molecule has 100 valence electrons. The summed E-state index contributed by atoms with van der Waals surface area (Å²) in [4.78, 5) is 4.30. The van der Waals surface area contributed by atoms with Crippen molar-refractivity contribution in [1.29, 1.82) is 0 Å². The molecule has 0 radical (unpaired) electrons. The number of ether oxygens (including phenoxy) is 1. The van der Waals surface area contributed by atoms with Crippen LogP contribution in [0.3, 0.4) is 0 Å². The lowest BCUT2D eigenvalue weighted by Crippen LogP contribution is -2.04. The molecule has 2 aromatic rings. The van der Waals surface area contributed by atoms with Crippen molar-refractivity contribution in [3.05, 3.63) is 58.9 Å². The van der Waals surface area contributed by atoms with Crippen LogP contribution in [0.4, 0.5) is 0 Å². The molecule has 1 atom stereocenters. The minimum atomic E-state index is -0.541. The van der Waals surface area contributed by atoms with E-state index in [9.17, 15) is 5.11 Å². The Kier molecular flexibility index (Phi) is 4.17. The maximum Gasteiger partial charge on any atom is 0.130 e. The molecule has 3 heteroatoms. The molecule has 0 aliphatic carbocycles. The number of benzene rings is 1. The van der Waals surface area contributed by atoms with Crippen molar-refractivity contribution < 1.29 is 9.84 Å². The molecular weight excluding hydrogens is 238 g/mol. The zero-order valence-corrected chi connectivity index (χ0v) is 11.6. The van der Waals surface area contributed by atoms with Gasteiger partial charge in [-0.2, -0.15) is 0 Å². The van der Waals surface area contributed by atoms with Crippen LogP contribution in [0.2, 0.25) is 0 Å². The van der Waals surface area contributed by atoms with E-state index in [1.165, 1.54) is 0 Å². The van der Waals surface area contributed by atoms with Gasteiger partial charge >= 0.3 is 0 Å². The van der Waals surface area contributed by atoms with Gasteiger partial charge in [0, 0.05) is 11.8 Å². The minimum Gasteiger partial charge on any atom is -0.487 e. The average molecular weight is 257 g/mol. The summed E-state index contributed by atoms with van der Waals surface area (Å²) in [7, 11) is 0. The summed E-state index contributed by atoms with van der Waals surface area (Å²) >= 11 is 0. The number of pyridine rings is 1. The van der Waals surface area contributed by atoms with Crippen LogP contribution in [0, 0.1) is 13.8 Å². The lowest BCUT2D eigenvalue weighted by Gasteiger charge is -2.14. The van der Waals surface area contributed by atoms with Crippen molar-refractivity contribution in [2.24, 2.45) is 0 Å². The zero-order chi connectivity index (χ0) is 13.8. The largest absolute Gasteiger partial charge is 0.487 e. The molecule has 0 bridgehead atoms.